The molecule has 1 fully saturated rings. The molecular formula is C24H34FN11O2. The molecule has 0 aliphatic carbocycles. The summed E-state index contributed by atoms with van der Waals surface area (Å²) < 4.78 is 18.8. The van der Waals surface area contributed by atoms with E-state index in [-0.39, 0.29) is 18.1 Å². The van der Waals surface area contributed by atoms with Crippen molar-refractivity contribution >= 4 is 29.8 Å². The molecule has 204 valence electrons. The first-order chi connectivity index (χ1) is 18.0. The first-order valence-electron chi connectivity index (χ1n) is 12.5. The molecule has 4 heterocycles. The molecule has 0 aromatic carbocycles. The van der Waals surface area contributed by atoms with Gasteiger partial charge in [-0.25, -0.2) is 19.2 Å². The van der Waals surface area contributed by atoms with Crippen molar-refractivity contribution in [1.29, 1.82) is 0 Å². The van der Waals surface area contributed by atoms with Gasteiger partial charge in [-0.05, 0) is 47.5 Å². The summed E-state index contributed by atoms with van der Waals surface area (Å²) >= 11 is 0. The summed E-state index contributed by atoms with van der Waals surface area (Å²) in [6, 6.07) is 1.35. The van der Waals surface area contributed by atoms with Crippen LogP contribution in [0.4, 0.5) is 32.8 Å². The summed E-state index contributed by atoms with van der Waals surface area (Å²) in [6.45, 7) is 10.5. The Morgan fingerprint density at radius 2 is 1.95 bits per heavy atom. The number of rotatable bonds is 7. The Bertz CT molecular complexity index is 1240. The van der Waals surface area contributed by atoms with E-state index in [4.69, 9.17) is 4.74 Å². The summed E-state index contributed by atoms with van der Waals surface area (Å²) in [7, 11) is 1.75. The van der Waals surface area contributed by atoms with Gasteiger partial charge in [-0.3, -0.25) is 5.10 Å². The van der Waals surface area contributed by atoms with Gasteiger partial charge < -0.3 is 25.2 Å². The van der Waals surface area contributed by atoms with Crippen LogP contribution >= 0.6 is 0 Å². The fourth-order valence-electron chi connectivity index (χ4n) is 3.96. The maximum atomic E-state index is 13.3. The fraction of sp³-hybridized carbons (Fsp3) is 0.542. The lowest BCUT2D eigenvalue weighted by Gasteiger charge is -2.38. The number of aryl methyl sites for hydroxylation is 1. The maximum Gasteiger partial charge on any atom is 0.410 e. The number of hydrogen-bond acceptors (Lipinski definition) is 11. The number of H-pyrrole nitrogens is 1. The molecule has 3 N–H and O–H groups in total. The molecule has 1 aliphatic rings. The predicted molar refractivity (Wildman–Crippen MR) is 140 cm³/mol. The molecule has 38 heavy (non-hydrogen) atoms. The number of carbonyl (C=O) groups is 1. The number of nitrogens with one attached hydrogen (secondary N) is 3. The molecule has 4 rings (SSSR count). The van der Waals surface area contributed by atoms with Gasteiger partial charge in [-0.15, -0.1) is 0 Å². The standard InChI is InChI=1S/C24H34FN11O2/c1-14-10-18(34-33-14)29-21-30-20(28-15(2)19-26-11-16(25)12-27-19)31-22(32-21)36-9-7-8-17(13-36)35(6)23(37)38-24(3,4)5/h10-12,15,17H,7-9,13H2,1-6H3,(H3,28,29,30,31,32,33,34). The van der Waals surface area contributed by atoms with E-state index >= 15 is 0 Å². The Balaban J connectivity index is 1.57. The van der Waals surface area contributed by atoms with Gasteiger partial charge in [-0.2, -0.15) is 20.1 Å². The molecule has 0 bridgehead atoms. The van der Waals surface area contributed by atoms with Gasteiger partial charge in [0.05, 0.1) is 24.5 Å². The van der Waals surface area contributed by atoms with Crippen molar-refractivity contribution in [3.8, 4) is 0 Å². The monoisotopic (exact) mass is 527 g/mol. The van der Waals surface area contributed by atoms with Crippen LogP contribution in [0.2, 0.25) is 0 Å². The zero-order valence-electron chi connectivity index (χ0n) is 22.5. The highest BCUT2D eigenvalue weighted by molar-refractivity contribution is 5.68. The van der Waals surface area contributed by atoms with Gasteiger partial charge in [0.1, 0.15) is 11.4 Å². The van der Waals surface area contributed by atoms with E-state index in [9.17, 15) is 9.18 Å². The minimum Gasteiger partial charge on any atom is -0.444 e. The average Bonchev–Trinajstić information content (AvgIpc) is 3.27. The number of likely N-dealkylation sites (N-methyl/N-ethyl adjacent to an activating group) is 1. The quantitative estimate of drug-likeness (QED) is 0.414. The molecule has 2 atom stereocenters. The van der Waals surface area contributed by atoms with Gasteiger partial charge >= 0.3 is 6.09 Å². The highest BCUT2D eigenvalue weighted by Gasteiger charge is 2.30. The second kappa shape index (κ2) is 11.1. The van der Waals surface area contributed by atoms with Crippen LogP contribution in [0.25, 0.3) is 0 Å². The third-order valence-electron chi connectivity index (χ3n) is 5.85. The fourth-order valence-corrected chi connectivity index (χ4v) is 3.96. The lowest BCUT2D eigenvalue weighted by Crippen LogP contribution is -2.50. The lowest BCUT2D eigenvalue weighted by molar-refractivity contribution is 0.0209. The van der Waals surface area contributed by atoms with Crippen LogP contribution < -0.4 is 15.5 Å². The third-order valence-corrected chi connectivity index (χ3v) is 5.85. The molecule has 2 unspecified atom stereocenters. The maximum absolute atomic E-state index is 13.3. The highest BCUT2D eigenvalue weighted by Crippen LogP contribution is 2.24. The van der Waals surface area contributed by atoms with E-state index in [1.165, 1.54) is 0 Å². The summed E-state index contributed by atoms with van der Waals surface area (Å²) in [4.78, 5) is 38.2. The topological polar surface area (TPSA) is 150 Å². The molecule has 0 saturated carbocycles. The second-order valence-corrected chi connectivity index (χ2v) is 10.3. The van der Waals surface area contributed by atoms with Crippen molar-refractivity contribution < 1.29 is 13.9 Å². The smallest absolute Gasteiger partial charge is 0.410 e. The first-order valence-corrected chi connectivity index (χ1v) is 12.5. The number of piperidine rings is 1. The van der Waals surface area contributed by atoms with Gasteiger partial charge in [0.25, 0.3) is 0 Å². The minimum atomic E-state index is -0.579. The van der Waals surface area contributed by atoms with Crippen LogP contribution in [-0.2, 0) is 4.74 Å². The molecule has 1 saturated heterocycles. The molecule has 0 spiro atoms. The summed E-state index contributed by atoms with van der Waals surface area (Å²) in [5.41, 5.74) is 0.302. The van der Waals surface area contributed by atoms with Gasteiger partial charge in [0.2, 0.25) is 17.8 Å². The summed E-state index contributed by atoms with van der Waals surface area (Å²) in [6.07, 6.45) is 3.53. The number of anilines is 4. The van der Waals surface area contributed by atoms with E-state index in [2.05, 4.69) is 45.8 Å². The van der Waals surface area contributed by atoms with Crippen LogP contribution in [0.5, 0.6) is 0 Å². The van der Waals surface area contributed by atoms with Crippen molar-refractivity contribution in [2.24, 2.45) is 0 Å². The van der Waals surface area contributed by atoms with Crippen LogP contribution in [-0.4, -0.2) is 77.9 Å². The highest BCUT2D eigenvalue weighted by atomic mass is 19.1. The summed E-state index contributed by atoms with van der Waals surface area (Å²) in [5.74, 6) is 1.45. The van der Waals surface area contributed by atoms with Crippen molar-refractivity contribution in [1.82, 2.24) is 40.0 Å². The number of ether oxygens (including phenoxy) is 1. The Morgan fingerprint density at radius 1 is 1.24 bits per heavy atom. The number of amides is 1. The Hall–Kier alpha value is -4.10. The van der Waals surface area contributed by atoms with E-state index < -0.39 is 17.5 Å². The number of aromatic amines is 1. The molecule has 3 aromatic rings. The number of carbonyl (C=O) groups excluding carboxylic acids is 1. The van der Waals surface area contributed by atoms with Crippen molar-refractivity contribution in [3.63, 3.8) is 0 Å². The number of aromatic nitrogens is 7. The van der Waals surface area contributed by atoms with E-state index in [1.807, 2.05) is 45.6 Å². The van der Waals surface area contributed by atoms with Crippen LogP contribution in [0, 0.1) is 12.7 Å². The van der Waals surface area contributed by atoms with Crippen molar-refractivity contribution in [2.45, 2.75) is 65.1 Å². The normalized spacial score (nSPS) is 16.6. The van der Waals surface area contributed by atoms with E-state index in [0.29, 0.717) is 36.6 Å². The predicted octanol–water partition coefficient (Wildman–Crippen LogP) is 3.58. The summed E-state index contributed by atoms with van der Waals surface area (Å²) in [5, 5.41) is 13.4. The Kier molecular flexibility index (Phi) is 7.88. The van der Waals surface area contributed by atoms with Crippen molar-refractivity contribution in [2.75, 3.05) is 35.7 Å². The van der Waals surface area contributed by atoms with Gasteiger partial charge in [-0.1, -0.05) is 0 Å². The molecular weight excluding hydrogens is 493 g/mol. The minimum absolute atomic E-state index is 0.0799. The van der Waals surface area contributed by atoms with Crippen molar-refractivity contribution in [3.05, 3.63) is 35.8 Å². The SMILES string of the molecule is Cc1cc(Nc2nc(NC(C)c3ncc(F)cn3)nc(N3CCCC(N(C)C(=O)OC(C)(C)C)C3)n2)n[nH]1. The molecule has 1 aliphatic heterocycles. The molecule has 13 nitrogen and oxygen atoms in total. The Labute approximate surface area is 220 Å². The first kappa shape index (κ1) is 26.9. The zero-order valence-corrected chi connectivity index (χ0v) is 22.5. The largest absolute Gasteiger partial charge is 0.444 e. The van der Waals surface area contributed by atoms with Crippen LogP contribution in [0.3, 0.4) is 0 Å². The molecule has 3 aromatic heterocycles. The number of hydrogen-bond donors (Lipinski definition) is 3. The Morgan fingerprint density at radius 3 is 2.61 bits per heavy atom. The van der Waals surface area contributed by atoms with Crippen LogP contribution in [0.15, 0.2) is 18.5 Å². The zero-order chi connectivity index (χ0) is 27.4. The van der Waals surface area contributed by atoms with E-state index in [0.717, 1.165) is 30.9 Å². The van der Waals surface area contributed by atoms with E-state index in [1.54, 1.807) is 11.9 Å². The molecule has 14 heteroatoms. The number of nitrogens with zero attached hydrogens (tertiary/aromatic N) is 8. The lowest BCUT2D eigenvalue weighted by atomic mass is 10.1. The average molecular weight is 528 g/mol. The third kappa shape index (κ3) is 7.01. The van der Waals surface area contributed by atoms with Gasteiger partial charge in [0, 0.05) is 31.9 Å². The number of halogens is 1. The van der Waals surface area contributed by atoms with Gasteiger partial charge in [0.15, 0.2) is 11.6 Å². The second-order valence-electron chi connectivity index (χ2n) is 10.3. The molecule has 1 amide bonds. The van der Waals surface area contributed by atoms with Crippen LogP contribution in [0.1, 0.15) is 58.1 Å². The molecule has 0 radical (unpaired) electrons.